The van der Waals surface area contributed by atoms with Gasteiger partial charge in [0.05, 0.1) is 5.39 Å². The predicted octanol–water partition coefficient (Wildman–Crippen LogP) is 4.38. The normalized spacial score (nSPS) is 12.7. The topological polar surface area (TPSA) is 108 Å². The maximum Gasteiger partial charge on any atom is 0.209 e. The van der Waals surface area contributed by atoms with Crippen molar-refractivity contribution in [2.75, 3.05) is 18.1 Å². The number of aryl methyl sites for hydroxylation is 2. The van der Waals surface area contributed by atoms with E-state index in [1.165, 1.54) is 29.5 Å². The number of benzene rings is 1. The molecule has 1 aliphatic carbocycles. The number of carbonyl (C=O) groups is 1. The number of nitrogens with zero attached hydrogens (tertiary/aromatic N) is 3. The van der Waals surface area contributed by atoms with Crippen LogP contribution in [0.2, 0.25) is 0 Å². The number of fused-ring (bicyclic) bond motifs is 3. The third kappa shape index (κ3) is 4.76. The van der Waals surface area contributed by atoms with Crippen LogP contribution in [0.15, 0.2) is 24.5 Å². The first-order valence-electron chi connectivity index (χ1n) is 10.0. The van der Waals surface area contributed by atoms with Crippen molar-refractivity contribution < 1.29 is 4.79 Å². The van der Waals surface area contributed by atoms with Gasteiger partial charge >= 0.3 is 0 Å². The van der Waals surface area contributed by atoms with Gasteiger partial charge in [-0.25, -0.2) is 9.97 Å². The van der Waals surface area contributed by atoms with Crippen LogP contribution < -0.4 is 11.1 Å². The molecular formula is C22H28N6OS. The second-order valence-electron chi connectivity index (χ2n) is 7.59. The zero-order chi connectivity index (χ0) is 21.7. The Morgan fingerprint density at radius 1 is 1.27 bits per heavy atom. The number of nitrogen functional groups attached to an aromatic ring is 1. The van der Waals surface area contributed by atoms with E-state index in [2.05, 4.69) is 15.3 Å². The van der Waals surface area contributed by atoms with E-state index in [1.807, 2.05) is 32.0 Å². The quantitative estimate of drug-likeness (QED) is 0.320. The molecule has 0 aliphatic heterocycles. The molecule has 0 saturated heterocycles. The molecule has 7 nitrogen and oxygen atoms in total. The molecule has 0 saturated carbocycles. The summed E-state index contributed by atoms with van der Waals surface area (Å²) in [7, 11) is 1.76. The number of aromatic nitrogens is 2. The number of hydrogen-bond donors (Lipinski definition) is 3. The van der Waals surface area contributed by atoms with Crippen LogP contribution in [0.5, 0.6) is 0 Å². The van der Waals surface area contributed by atoms with Crippen LogP contribution in [0, 0.1) is 5.41 Å². The zero-order valence-corrected chi connectivity index (χ0v) is 18.4. The van der Waals surface area contributed by atoms with Gasteiger partial charge in [0.1, 0.15) is 17.0 Å². The number of carbonyl (C=O) groups excluding carboxylic acids is 1. The molecule has 3 aromatic rings. The van der Waals surface area contributed by atoms with Crippen molar-refractivity contribution in [2.45, 2.75) is 45.6 Å². The predicted molar refractivity (Wildman–Crippen MR) is 125 cm³/mol. The highest BCUT2D eigenvalue weighted by Crippen LogP contribution is 2.38. The summed E-state index contributed by atoms with van der Waals surface area (Å²) in [5.41, 5.74) is 9.45. The number of anilines is 3. The molecule has 8 heteroatoms. The van der Waals surface area contributed by atoms with E-state index in [-0.39, 0.29) is 0 Å². The third-order valence-corrected chi connectivity index (χ3v) is 6.44. The summed E-state index contributed by atoms with van der Waals surface area (Å²) in [6, 6.07) is 5.92. The summed E-state index contributed by atoms with van der Waals surface area (Å²) >= 11 is 1.79. The molecule has 0 unspecified atom stereocenters. The van der Waals surface area contributed by atoms with Crippen LogP contribution in [0.4, 0.5) is 17.2 Å². The summed E-state index contributed by atoms with van der Waals surface area (Å²) in [4.78, 5) is 22.9. The largest absolute Gasteiger partial charge is 0.398 e. The molecule has 1 amide bonds. The molecule has 0 bridgehead atoms. The molecule has 1 aromatic carbocycles. The number of nitrogens with two attached hydrogens (primary N) is 1. The summed E-state index contributed by atoms with van der Waals surface area (Å²) < 4.78 is 0. The molecule has 158 valence electrons. The Bertz CT molecular complexity index is 1050. The first-order valence-corrected chi connectivity index (χ1v) is 10.9. The van der Waals surface area contributed by atoms with Crippen molar-refractivity contribution in [2.24, 2.45) is 0 Å². The number of hydrogen-bond acceptors (Lipinski definition) is 7. The van der Waals surface area contributed by atoms with E-state index >= 15 is 0 Å². The first kappa shape index (κ1) is 21.7. The SMILES string of the molecule is CC(C)N(C)C=O.N=Cc1cc(Nc2ncnc3sc4c(c23)CCCC4)ccc1N. The molecule has 0 radical (unpaired) electrons. The molecule has 4 rings (SSSR count). The average Bonchev–Trinajstić information content (AvgIpc) is 3.14. The molecule has 30 heavy (non-hydrogen) atoms. The van der Waals surface area contributed by atoms with Crippen LogP contribution in [-0.4, -0.2) is 40.6 Å². The van der Waals surface area contributed by atoms with Gasteiger partial charge in [-0.2, -0.15) is 0 Å². The van der Waals surface area contributed by atoms with Crippen molar-refractivity contribution in [3.63, 3.8) is 0 Å². The monoisotopic (exact) mass is 424 g/mol. The lowest BCUT2D eigenvalue weighted by Gasteiger charge is -2.13. The Hall–Kier alpha value is -3.00. The minimum atomic E-state index is 0.331. The van der Waals surface area contributed by atoms with Crippen LogP contribution in [0.3, 0.4) is 0 Å². The van der Waals surface area contributed by atoms with Gasteiger partial charge in [0.15, 0.2) is 0 Å². The van der Waals surface area contributed by atoms with Gasteiger partial charge in [-0.15, -0.1) is 11.3 Å². The first-order chi connectivity index (χ1) is 14.4. The Morgan fingerprint density at radius 2 is 2.03 bits per heavy atom. The highest BCUT2D eigenvalue weighted by atomic mass is 32.1. The third-order valence-electron chi connectivity index (χ3n) is 5.24. The van der Waals surface area contributed by atoms with E-state index in [4.69, 9.17) is 11.1 Å². The van der Waals surface area contributed by atoms with Crippen LogP contribution in [0.25, 0.3) is 10.2 Å². The highest BCUT2D eigenvalue weighted by Gasteiger charge is 2.19. The molecule has 0 fully saturated rings. The molecule has 1 aliphatic rings. The second-order valence-corrected chi connectivity index (χ2v) is 8.67. The van der Waals surface area contributed by atoms with Gasteiger partial charge in [0.25, 0.3) is 0 Å². The Morgan fingerprint density at radius 3 is 2.70 bits per heavy atom. The molecule has 0 spiro atoms. The fourth-order valence-electron chi connectivity index (χ4n) is 3.22. The molecule has 2 heterocycles. The molecule has 2 aromatic heterocycles. The van der Waals surface area contributed by atoms with Crippen molar-refractivity contribution in [3.8, 4) is 0 Å². The van der Waals surface area contributed by atoms with Gasteiger partial charge in [0.2, 0.25) is 6.41 Å². The highest BCUT2D eigenvalue weighted by molar-refractivity contribution is 7.19. The second kappa shape index (κ2) is 9.67. The van der Waals surface area contributed by atoms with Gasteiger partial charge in [-0.05, 0) is 63.3 Å². The summed E-state index contributed by atoms with van der Waals surface area (Å²) in [5.74, 6) is 0.843. The average molecular weight is 425 g/mol. The lowest BCUT2D eigenvalue weighted by molar-refractivity contribution is -0.118. The smallest absolute Gasteiger partial charge is 0.209 e. The van der Waals surface area contributed by atoms with Crippen molar-refractivity contribution >= 4 is 51.4 Å². The zero-order valence-electron chi connectivity index (χ0n) is 17.6. The van der Waals surface area contributed by atoms with Gasteiger partial charge in [-0.3, -0.25) is 4.79 Å². The number of rotatable bonds is 5. The Labute approximate surface area is 180 Å². The van der Waals surface area contributed by atoms with E-state index in [0.717, 1.165) is 41.0 Å². The van der Waals surface area contributed by atoms with Crippen molar-refractivity contribution in [3.05, 3.63) is 40.5 Å². The van der Waals surface area contributed by atoms with Crippen LogP contribution in [0.1, 0.15) is 42.7 Å². The number of thiophene rings is 1. The van der Waals surface area contributed by atoms with Gasteiger partial charge < -0.3 is 21.4 Å². The maximum atomic E-state index is 9.87. The summed E-state index contributed by atoms with van der Waals surface area (Å²) in [6.07, 6.45) is 8.44. The lowest BCUT2D eigenvalue weighted by Crippen LogP contribution is -2.23. The number of nitrogens with one attached hydrogen (secondary N) is 2. The van der Waals surface area contributed by atoms with Gasteiger partial charge in [0, 0.05) is 41.1 Å². The summed E-state index contributed by atoms with van der Waals surface area (Å²) in [6.45, 7) is 3.93. The number of amides is 1. The maximum absolute atomic E-state index is 9.87. The molecule has 4 N–H and O–H groups in total. The van der Waals surface area contributed by atoms with Crippen LogP contribution >= 0.6 is 11.3 Å². The molecular weight excluding hydrogens is 396 g/mol. The molecule has 0 atom stereocenters. The van der Waals surface area contributed by atoms with Crippen LogP contribution in [-0.2, 0) is 17.6 Å². The van der Waals surface area contributed by atoms with Crippen molar-refractivity contribution in [1.29, 1.82) is 5.41 Å². The van der Waals surface area contributed by atoms with Crippen molar-refractivity contribution in [1.82, 2.24) is 14.9 Å². The lowest BCUT2D eigenvalue weighted by atomic mass is 9.97. The van der Waals surface area contributed by atoms with E-state index in [1.54, 1.807) is 29.6 Å². The standard InChI is InChI=1S/C17H17N5S.C5H11NO/c18-8-10-7-11(5-6-13(10)19)22-16-15-12-3-1-2-4-14(12)23-17(15)21-9-20-16;1-5(2)6(3)4-7/h5-9,18H,1-4,19H2,(H,20,21,22);4-5H,1-3H3. The fraction of sp³-hybridized carbons (Fsp3) is 0.364. The minimum absolute atomic E-state index is 0.331. The van der Waals surface area contributed by atoms with E-state index in [0.29, 0.717) is 17.3 Å². The van der Waals surface area contributed by atoms with E-state index in [9.17, 15) is 4.79 Å². The fourth-order valence-corrected chi connectivity index (χ4v) is 4.45. The minimum Gasteiger partial charge on any atom is -0.398 e. The Balaban J connectivity index is 0.000000318. The Kier molecular flexibility index (Phi) is 6.99. The van der Waals surface area contributed by atoms with Gasteiger partial charge in [-0.1, -0.05) is 0 Å². The summed E-state index contributed by atoms with van der Waals surface area (Å²) in [5, 5.41) is 12.0. The van der Waals surface area contributed by atoms with E-state index < -0.39 is 0 Å².